The topological polar surface area (TPSA) is 61.8 Å². The third kappa shape index (κ3) is 5.73. The van der Waals surface area contributed by atoms with Crippen LogP contribution in [0, 0.1) is 5.82 Å². The van der Waals surface area contributed by atoms with Gasteiger partial charge >= 0.3 is 0 Å². The molecule has 0 radical (unpaired) electrons. The van der Waals surface area contributed by atoms with E-state index < -0.39 is 0 Å². The zero-order valence-electron chi connectivity index (χ0n) is 16.8. The molecule has 0 aliphatic carbocycles. The predicted octanol–water partition coefficient (Wildman–Crippen LogP) is 3.61. The van der Waals surface area contributed by atoms with Crippen molar-refractivity contribution in [2.45, 2.75) is 32.9 Å². The summed E-state index contributed by atoms with van der Waals surface area (Å²) >= 11 is 6.27. The molecule has 0 spiro atoms. The van der Waals surface area contributed by atoms with Gasteiger partial charge in [0.2, 0.25) is 0 Å². The Kier molecular flexibility index (Phi) is 7.52. The van der Waals surface area contributed by atoms with E-state index in [9.17, 15) is 4.39 Å². The van der Waals surface area contributed by atoms with Crippen LogP contribution in [0.1, 0.15) is 25.8 Å². The van der Waals surface area contributed by atoms with Gasteiger partial charge in [-0.15, -0.1) is 0 Å². The van der Waals surface area contributed by atoms with Crippen LogP contribution in [0.2, 0.25) is 5.02 Å². The minimum atomic E-state index is -0.365. The van der Waals surface area contributed by atoms with Gasteiger partial charge in [-0.05, 0) is 50.1 Å². The number of rotatable bonds is 7. The zero-order valence-corrected chi connectivity index (χ0v) is 17.5. The van der Waals surface area contributed by atoms with Crippen LogP contribution in [0.25, 0.3) is 0 Å². The fourth-order valence-corrected chi connectivity index (χ4v) is 3.52. The number of ether oxygens (including phenoxy) is 1. The van der Waals surface area contributed by atoms with Crippen molar-refractivity contribution in [3.05, 3.63) is 52.9 Å². The third-order valence-electron chi connectivity index (χ3n) is 4.63. The summed E-state index contributed by atoms with van der Waals surface area (Å²) in [6.45, 7) is 7.06. The molecule has 2 heterocycles. The number of benzene rings is 1. The Hall–Kier alpha value is -2.54. The van der Waals surface area contributed by atoms with Crippen LogP contribution in [-0.2, 0) is 6.54 Å². The molecule has 3 rings (SSSR count). The number of hydrogen-bond donors (Lipinski definition) is 2. The molecule has 1 aromatic heterocycles. The Bertz CT molecular complexity index is 848. The molecule has 2 aromatic rings. The highest BCUT2D eigenvalue weighted by molar-refractivity contribution is 6.32. The van der Waals surface area contributed by atoms with Crippen molar-refractivity contribution in [2.24, 2.45) is 4.99 Å². The van der Waals surface area contributed by atoms with Gasteiger partial charge in [0.25, 0.3) is 0 Å². The number of hydrogen-bond acceptors (Lipinski definition) is 4. The van der Waals surface area contributed by atoms with Crippen molar-refractivity contribution in [1.82, 2.24) is 15.6 Å². The minimum Gasteiger partial charge on any atom is -0.491 e. The van der Waals surface area contributed by atoms with Gasteiger partial charge < -0.3 is 20.3 Å². The van der Waals surface area contributed by atoms with Gasteiger partial charge in [-0.2, -0.15) is 0 Å². The molecule has 1 saturated heterocycles. The molecule has 1 aliphatic rings. The SMILES string of the molecule is CCNC(=NCc1ccc(OCC)c(F)c1)NC1CCN(c2ncccc2Cl)C1. The highest BCUT2D eigenvalue weighted by Crippen LogP contribution is 2.25. The van der Waals surface area contributed by atoms with E-state index in [2.05, 4.69) is 25.5 Å². The van der Waals surface area contributed by atoms with Crippen LogP contribution in [0.3, 0.4) is 0 Å². The normalized spacial score (nSPS) is 16.8. The van der Waals surface area contributed by atoms with Crippen LogP contribution in [0.15, 0.2) is 41.5 Å². The lowest BCUT2D eigenvalue weighted by Crippen LogP contribution is -2.44. The van der Waals surface area contributed by atoms with Crippen molar-refractivity contribution < 1.29 is 9.13 Å². The van der Waals surface area contributed by atoms with Crippen LogP contribution in [0.5, 0.6) is 5.75 Å². The van der Waals surface area contributed by atoms with Crippen LogP contribution in [-0.4, -0.2) is 43.2 Å². The summed E-state index contributed by atoms with van der Waals surface area (Å²) in [5.74, 6) is 1.42. The van der Waals surface area contributed by atoms with Gasteiger partial charge in [-0.1, -0.05) is 17.7 Å². The van der Waals surface area contributed by atoms with Crippen molar-refractivity contribution in [3.8, 4) is 5.75 Å². The minimum absolute atomic E-state index is 0.225. The smallest absolute Gasteiger partial charge is 0.191 e. The van der Waals surface area contributed by atoms with Crippen molar-refractivity contribution >= 4 is 23.4 Å². The van der Waals surface area contributed by atoms with Crippen LogP contribution in [0.4, 0.5) is 10.2 Å². The van der Waals surface area contributed by atoms with E-state index in [-0.39, 0.29) is 17.6 Å². The summed E-state index contributed by atoms with van der Waals surface area (Å²) in [6.07, 6.45) is 2.71. The lowest BCUT2D eigenvalue weighted by atomic mass is 10.2. The molecule has 156 valence electrons. The summed E-state index contributed by atoms with van der Waals surface area (Å²) in [5.41, 5.74) is 0.788. The van der Waals surface area contributed by atoms with E-state index >= 15 is 0 Å². The highest BCUT2D eigenvalue weighted by atomic mass is 35.5. The molecule has 1 aromatic carbocycles. The van der Waals surface area contributed by atoms with E-state index in [1.165, 1.54) is 6.07 Å². The second-order valence-electron chi connectivity index (χ2n) is 6.78. The Morgan fingerprint density at radius 1 is 1.38 bits per heavy atom. The fourth-order valence-electron chi connectivity index (χ4n) is 3.28. The molecule has 0 bridgehead atoms. The lowest BCUT2D eigenvalue weighted by Gasteiger charge is -2.20. The molecule has 8 heteroatoms. The third-order valence-corrected chi connectivity index (χ3v) is 4.92. The molecule has 29 heavy (non-hydrogen) atoms. The maximum atomic E-state index is 14.0. The van der Waals surface area contributed by atoms with Crippen molar-refractivity contribution in [1.29, 1.82) is 0 Å². The van der Waals surface area contributed by atoms with Crippen molar-refractivity contribution in [2.75, 3.05) is 31.1 Å². The van der Waals surface area contributed by atoms with Gasteiger partial charge in [-0.3, -0.25) is 0 Å². The Balaban J connectivity index is 1.61. The second kappa shape index (κ2) is 10.3. The first-order valence-corrected chi connectivity index (χ1v) is 10.3. The number of pyridine rings is 1. The maximum absolute atomic E-state index is 14.0. The van der Waals surface area contributed by atoms with Crippen LogP contribution < -0.4 is 20.3 Å². The largest absolute Gasteiger partial charge is 0.491 e. The van der Waals surface area contributed by atoms with Gasteiger partial charge in [0, 0.05) is 31.9 Å². The van der Waals surface area contributed by atoms with Crippen LogP contribution >= 0.6 is 11.6 Å². The Labute approximate surface area is 176 Å². The molecule has 1 aliphatic heterocycles. The van der Waals surface area contributed by atoms with Gasteiger partial charge in [0.05, 0.1) is 18.2 Å². The van der Waals surface area contributed by atoms with E-state index in [0.717, 1.165) is 37.4 Å². The average molecular weight is 420 g/mol. The van der Waals surface area contributed by atoms with E-state index in [4.69, 9.17) is 16.3 Å². The number of guanidine groups is 1. The van der Waals surface area contributed by atoms with Gasteiger partial charge in [0.15, 0.2) is 17.5 Å². The molecule has 0 saturated carbocycles. The predicted molar refractivity (Wildman–Crippen MR) is 115 cm³/mol. The first kappa shape index (κ1) is 21.2. The lowest BCUT2D eigenvalue weighted by molar-refractivity contribution is 0.321. The number of halogens is 2. The van der Waals surface area contributed by atoms with E-state index in [0.29, 0.717) is 24.1 Å². The molecule has 0 amide bonds. The Morgan fingerprint density at radius 3 is 2.97 bits per heavy atom. The first-order chi connectivity index (χ1) is 14.1. The van der Waals surface area contributed by atoms with Gasteiger partial charge in [0.1, 0.15) is 5.82 Å². The highest BCUT2D eigenvalue weighted by Gasteiger charge is 2.25. The summed E-state index contributed by atoms with van der Waals surface area (Å²) in [6, 6.07) is 8.86. The maximum Gasteiger partial charge on any atom is 0.191 e. The molecular formula is C21H27ClFN5O. The molecule has 1 fully saturated rings. The van der Waals surface area contributed by atoms with E-state index in [1.807, 2.05) is 32.0 Å². The Morgan fingerprint density at radius 2 is 2.24 bits per heavy atom. The summed E-state index contributed by atoms with van der Waals surface area (Å²) in [7, 11) is 0. The number of aliphatic imine (C=N–C) groups is 1. The summed E-state index contributed by atoms with van der Waals surface area (Å²) < 4.78 is 19.3. The van der Waals surface area contributed by atoms with Crippen molar-refractivity contribution in [3.63, 3.8) is 0 Å². The second-order valence-corrected chi connectivity index (χ2v) is 7.18. The molecule has 1 atom stereocenters. The number of anilines is 1. The number of nitrogens with one attached hydrogen (secondary N) is 2. The monoisotopic (exact) mass is 419 g/mol. The molecule has 6 nitrogen and oxygen atoms in total. The van der Waals surface area contributed by atoms with E-state index in [1.54, 1.807) is 12.3 Å². The zero-order chi connectivity index (χ0) is 20.6. The summed E-state index contributed by atoms with van der Waals surface area (Å²) in [4.78, 5) is 11.2. The molecule has 1 unspecified atom stereocenters. The van der Waals surface area contributed by atoms with Gasteiger partial charge in [-0.25, -0.2) is 14.4 Å². The standard InChI is InChI=1S/C21H27ClFN5O/c1-3-24-21(26-13-15-7-8-19(29-4-2)18(23)12-15)27-16-9-11-28(14-16)20-17(22)6-5-10-25-20/h5-8,10,12,16H,3-4,9,11,13-14H2,1-2H3,(H2,24,26,27). The summed E-state index contributed by atoms with van der Waals surface area (Å²) in [5, 5.41) is 7.37. The number of aromatic nitrogens is 1. The first-order valence-electron chi connectivity index (χ1n) is 9.92. The molecule has 2 N–H and O–H groups in total. The fraction of sp³-hybridized carbons (Fsp3) is 0.429. The average Bonchev–Trinajstić information content (AvgIpc) is 3.17. The number of nitrogens with zero attached hydrogens (tertiary/aromatic N) is 3. The quantitative estimate of drug-likeness (QED) is 0.530. The molecular weight excluding hydrogens is 393 g/mol.